The predicted octanol–water partition coefficient (Wildman–Crippen LogP) is 1.23. The molecule has 0 aromatic carbocycles. The highest BCUT2D eigenvalue weighted by Crippen LogP contribution is 2.03. The fourth-order valence-electron chi connectivity index (χ4n) is 0.610. The SMILES string of the molecule is COCCCCSCC(=O)O. The Morgan fingerprint density at radius 3 is 2.82 bits per heavy atom. The molecule has 4 heteroatoms. The predicted molar refractivity (Wildman–Crippen MR) is 46.1 cm³/mol. The van der Waals surface area contributed by atoms with E-state index in [4.69, 9.17) is 9.84 Å². The molecule has 0 spiro atoms. The third-order valence-electron chi connectivity index (χ3n) is 1.11. The smallest absolute Gasteiger partial charge is 0.313 e. The van der Waals surface area contributed by atoms with Crippen LogP contribution in [-0.2, 0) is 9.53 Å². The molecule has 0 aliphatic rings. The van der Waals surface area contributed by atoms with Gasteiger partial charge >= 0.3 is 5.97 Å². The number of hydrogen-bond donors (Lipinski definition) is 1. The van der Waals surface area contributed by atoms with Crippen LogP contribution in [0, 0.1) is 0 Å². The summed E-state index contributed by atoms with van der Waals surface area (Å²) in [6.45, 7) is 0.771. The Morgan fingerprint density at radius 1 is 1.55 bits per heavy atom. The van der Waals surface area contributed by atoms with Crippen molar-refractivity contribution < 1.29 is 14.6 Å². The minimum absolute atomic E-state index is 0.215. The number of methoxy groups -OCH3 is 1. The number of carbonyl (C=O) groups is 1. The lowest BCUT2D eigenvalue weighted by Crippen LogP contribution is -1.99. The van der Waals surface area contributed by atoms with Crippen molar-refractivity contribution in [3.8, 4) is 0 Å². The zero-order valence-corrected chi connectivity index (χ0v) is 7.52. The molecule has 0 amide bonds. The minimum atomic E-state index is -0.734. The molecule has 11 heavy (non-hydrogen) atoms. The van der Waals surface area contributed by atoms with Crippen LogP contribution >= 0.6 is 11.8 Å². The average Bonchev–Trinajstić information content (AvgIpc) is 1.96. The summed E-state index contributed by atoms with van der Waals surface area (Å²) < 4.78 is 4.84. The molecule has 0 aliphatic heterocycles. The van der Waals surface area contributed by atoms with Gasteiger partial charge in [0.15, 0.2) is 0 Å². The third-order valence-corrected chi connectivity index (χ3v) is 2.14. The summed E-state index contributed by atoms with van der Waals surface area (Å²) in [5, 5.41) is 8.27. The number of ether oxygens (including phenoxy) is 1. The maximum Gasteiger partial charge on any atom is 0.313 e. The quantitative estimate of drug-likeness (QED) is 0.596. The van der Waals surface area contributed by atoms with Crippen molar-refractivity contribution >= 4 is 17.7 Å². The molecule has 0 aromatic rings. The lowest BCUT2D eigenvalue weighted by atomic mass is 10.4. The van der Waals surface area contributed by atoms with Crippen LogP contribution in [0.4, 0.5) is 0 Å². The number of rotatable bonds is 7. The van der Waals surface area contributed by atoms with E-state index in [1.165, 1.54) is 11.8 Å². The molecule has 0 atom stereocenters. The molecule has 0 aliphatic carbocycles. The molecule has 0 aromatic heterocycles. The van der Waals surface area contributed by atoms with E-state index in [9.17, 15) is 4.79 Å². The number of hydrogen-bond acceptors (Lipinski definition) is 3. The van der Waals surface area contributed by atoms with Crippen molar-refractivity contribution in [2.24, 2.45) is 0 Å². The standard InChI is InChI=1S/C7H14O3S/c1-10-4-2-3-5-11-6-7(8)9/h2-6H2,1H3,(H,8,9). The first-order valence-electron chi connectivity index (χ1n) is 3.56. The highest BCUT2D eigenvalue weighted by atomic mass is 32.2. The van der Waals surface area contributed by atoms with Gasteiger partial charge in [-0.2, -0.15) is 11.8 Å². The van der Waals surface area contributed by atoms with E-state index in [1.54, 1.807) is 7.11 Å². The van der Waals surface area contributed by atoms with E-state index in [2.05, 4.69) is 0 Å². The summed E-state index contributed by atoms with van der Waals surface area (Å²) in [5.41, 5.74) is 0. The summed E-state index contributed by atoms with van der Waals surface area (Å²) in [5.74, 6) is 0.393. The molecule has 0 rings (SSSR count). The molecule has 3 nitrogen and oxygen atoms in total. The van der Waals surface area contributed by atoms with Crippen LogP contribution in [0.3, 0.4) is 0 Å². The second kappa shape index (κ2) is 7.88. The van der Waals surface area contributed by atoms with Gasteiger partial charge in [0.05, 0.1) is 5.75 Å². The van der Waals surface area contributed by atoms with E-state index in [-0.39, 0.29) is 5.75 Å². The van der Waals surface area contributed by atoms with Gasteiger partial charge in [0.2, 0.25) is 0 Å². The van der Waals surface area contributed by atoms with Gasteiger partial charge in [-0.1, -0.05) is 0 Å². The van der Waals surface area contributed by atoms with Crippen molar-refractivity contribution in [1.29, 1.82) is 0 Å². The fraction of sp³-hybridized carbons (Fsp3) is 0.857. The molecular weight excluding hydrogens is 164 g/mol. The van der Waals surface area contributed by atoms with Crippen molar-refractivity contribution in [3.63, 3.8) is 0 Å². The number of unbranched alkanes of at least 4 members (excludes halogenated alkanes) is 1. The minimum Gasteiger partial charge on any atom is -0.481 e. The molecule has 0 saturated heterocycles. The van der Waals surface area contributed by atoms with Crippen LogP contribution < -0.4 is 0 Å². The molecule has 0 radical (unpaired) electrons. The summed E-state index contributed by atoms with van der Waals surface area (Å²) in [6, 6.07) is 0. The topological polar surface area (TPSA) is 46.5 Å². The first-order valence-corrected chi connectivity index (χ1v) is 4.71. The second-order valence-corrected chi connectivity index (χ2v) is 3.25. The van der Waals surface area contributed by atoms with Crippen LogP contribution in [0.1, 0.15) is 12.8 Å². The van der Waals surface area contributed by atoms with E-state index in [0.29, 0.717) is 0 Å². The van der Waals surface area contributed by atoms with Gasteiger partial charge in [0.25, 0.3) is 0 Å². The van der Waals surface area contributed by atoms with Gasteiger partial charge < -0.3 is 9.84 Å². The zero-order chi connectivity index (χ0) is 8.53. The van der Waals surface area contributed by atoms with Gasteiger partial charge in [-0.05, 0) is 18.6 Å². The van der Waals surface area contributed by atoms with Crippen molar-refractivity contribution in [2.75, 3.05) is 25.2 Å². The monoisotopic (exact) mass is 178 g/mol. The first-order chi connectivity index (χ1) is 5.27. The normalized spacial score (nSPS) is 9.91. The Bertz CT molecular complexity index is 106. The zero-order valence-electron chi connectivity index (χ0n) is 6.71. The molecule has 0 saturated carbocycles. The molecule has 0 bridgehead atoms. The maximum atomic E-state index is 10.0. The number of carboxylic acid groups (broad SMARTS) is 1. The van der Waals surface area contributed by atoms with E-state index in [1.807, 2.05) is 0 Å². The van der Waals surface area contributed by atoms with Crippen LogP contribution in [-0.4, -0.2) is 36.3 Å². The molecular formula is C7H14O3S. The lowest BCUT2D eigenvalue weighted by molar-refractivity contribution is -0.133. The first kappa shape index (κ1) is 10.8. The Hall–Kier alpha value is -0.220. The van der Waals surface area contributed by atoms with Gasteiger partial charge in [-0.3, -0.25) is 4.79 Å². The molecule has 1 N–H and O–H groups in total. The van der Waals surface area contributed by atoms with E-state index < -0.39 is 5.97 Å². The second-order valence-electron chi connectivity index (χ2n) is 2.15. The summed E-state index contributed by atoms with van der Waals surface area (Å²) in [7, 11) is 1.67. The number of carboxylic acids is 1. The molecule has 66 valence electrons. The van der Waals surface area contributed by atoms with Crippen LogP contribution in [0.15, 0.2) is 0 Å². The van der Waals surface area contributed by atoms with Gasteiger partial charge in [0.1, 0.15) is 0 Å². The summed E-state index contributed by atoms with van der Waals surface area (Å²) >= 11 is 1.46. The lowest BCUT2D eigenvalue weighted by Gasteiger charge is -1.97. The van der Waals surface area contributed by atoms with Crippen molar-refractivity contribution in [1.82, 2.24) is 0 Å². The largest absolute Gasteiger partial charge is 0.481 e. The Balaban J connectivity index is 2.85. The van der Waals surface area contributed by atoms with Crippen molar-refractivity contribution in [2.45, 2.75) is 12.8 Å². The van der Waals surface area contributed by atoms with E-state index in [0.717, 1.165) is 25.2 Å². The molecule has 0 heterocycles. The fourth-order valence-corrected chi connectivity index (χ4v) is 1.34. The molecule has 0 unspecified atom stereocenters. The van der Waals surface area contributed by atoms with Gasteiger partial charge in [-0.25, -0.2) is 0 Å². The van der Waals surface area contributed by atoms with Gasteiger partial charge in [0, 0.05) is 13.7 Å². The van der Waals surface area contributed by atoms with Gasteiger partial charge in [-0.15, -0.1) is 0 Å². The maximum absolute atomic E-state index is 10.0. The highest BCUT2D eigenvalue weighted by Gasteiger charge is 1.95. The van der Waals surface area contributed by atoms with Crippen molar-refractivity contribution in [3.05, 3.63) is 0 Å². The number of aliphatic carboxylic acids is 1. The third kappa shape index (κ3) is 9.78. The molecule has 0 fully saturated rings. The highest BCUT2D eigenvalue weighted by molar-refractivity contribution is 7.99. The Labute approximate surface area is 71.1 Å². The average molecular weight is 178 g/mol. The summed E-state index contributed by atoms with van der Waals surface area (Å²) in [6.07, 6.45) is 2.05. The van der Waals surface area contributed by atoms with Crippen LogP contribution in [0.5, 0.6) is 0 Å². The van der Waals surface area contributed by atoms with E-state index >= 15 is 0 Å². The Kier molecular flexibility index (Phi) is 7.72. The Morgan fingerprint density at radius 2 is 2.27 bits per heavy atom. The van der Waals surface area contributed by atoms with Crippen LogP contribution in [0.2, 0.25) is 0 Å². The summed E-state index contributed by atoms with van der Waals surface area (Å²) in [4.78, 5) is 10.0. The number of thioether (sulfide) groups is 1. The van der Waals surface area contributed by atoms with Crippen LogP contribution in [0.25, 0.3) is 0 Å².